The molecule has 18 heavy (non-hydrogen) atoms. The summed E-state index contributed by atoms with van der Waals surface area (Å²) < 4.78 is 5.77. The van der Waals surface area contributed by atoms with Crippen LogP contribution in [0.3, 0.4) is 0 Å². The fourth-order valence-electron chi connectivity index (χ4n) is 1.94. The highest BCUT2D eigenvalue weighted by molar-refractivity contribution is 6.17. The Labute approximate surface area is 112 Å². The number of hydrogen-bond acceptors (Lipinski definition) is 2. The van der Waals surface area contributed by atoms with Crippen LogP contribution in [0.1, 0.15) is 19.3 Å². The van der Waals surface area contributed by atoms with Crippen molar-refractivity contribution in [2.24, 2.45) is 0 Å². The van der Waals surface area contributed by atoms with E-state index in [4.69, 9.17) is 16.3 Å². The lowest BCUT2D eigenvalue weighted by Crippen LogP contribution is -1.98. The second-order valence-electron chi connectivity index (χ2n) is 4.23. The summed E-state index contributed by atoms with van der Waals surface area (Å²) in [5, 5.41) is 11.5. The number of phenolic OH excluding ortho intramolecular Hbond substituents is 1. The first-order valence-corrected chi connectivity index (χ1v) is 6.76. The summed E-state index contributed by atoms with van der Waals surface area (Å²) in [4.78, 5) is 0. The van der Waals surface area contributed by atoms with E-state index in [-0.39, 0.29) is 0 Å². The van der Waals surface area contributed by atoms with Crippen LogP contribution >= 0.6 is 11.6 Å². The van der Waals surface area contributed by atoms with Gasteiger partial charge in [-0.1, -0.05) is 24.3 Å². The number of ether oxygens (including phenoxy) is 1. The van der Waals surface area contributed by atoms with Gasteiger partial charge < -0.3 is 9.84 Å². The Balaban J connectivity index is 2.07. The van der Waals surface area contributed by atoms with E-state index in [9.17, 15) is 5.11 Å². The van der Waals surface area contributed by atoms with Gasteiger partial charge in [0.2, 0.25) is 0 Å². The Hall–Kier alpha value is -1.41. The molecule has 0 saturated heterocycles. The number of unbranched alkanes of at least 4 members (excludes halogenated alkanes) is 2. The van der Waals surface area contributed by atoms with Gasteiger partial charge in [-0.05, 0) is 31.4 Å². The van der Waals surface area contributed by atoms with Crippen LogP contribution < -0.4 is 4.74 Å². The number of hydrogen-bond donors (Lipinski definition) is 1. The smallest absolute Gasteiger partial charge is 0.127 e. The summed E-state index contributed by atoms with van der Waals surface area (Å²) in [6.07, 6.45) is 3.11. The van der Waals surface area contributed by atoms with E-state index in [1.165, 1.54) is 0 Å². The highest BCUT2D eigenvalue weighted by Crippen LogP contribution is 2.32. The van der Waals surface area contributed by atoms with Crippen LogP contribution in [-0.4, -0.2) is 17.6 Å². The summed E-state index contributed by atoms with van der Waals surface area (Å²) in [5.74, 6) is 1.83. The largest absolute Gasteiger partial charge is 0.507 e. The van der Waals surface area contributed by atoms with E-state index in [0.29, 0.717) is 18.2 Å². The zero-order chi connectivity index (χ0) is 12.8. The summed E-state index contributed by atoms with van der Waals surface area (Å²) in [6.45, 7) is 0.686. The van der Waals surface area contributed by atoms with Crippen molar-refractivity contribution >= 4 is 22.4 Å². The van der Waals surface area contributed by atoms with Crippen molar-refractivity contribution in [1.29, 1.82) is 0 Å². The van der Waals surface area contributed by atoms with E-state index in [2.05, 4.69) is 0 Å². The first kappa shape index (κ1) is 13.0. The predicted molar refractivity (Wildman–Crippen MR) is 75.7 cm³/mol. The second kappa shape index (κ2) is 6.50. The van der Waals surface area contributed by atoms with Crippen molar-refractivity contribution in [2.45, 2.75) is 19.3 Å². The molecule has 1 N–H and O–H groups in total. The van der Waals surface area contributed by atoms with E-state index in [1.54, 1.807) is 6.07 Å². The van der Waals surface area contributed by atoms with Crippen molar-refractivity contribution in [3.05, 3.63) is 36.4 Å². The molecule has 0 heterocycles. The van der Waals surface area contributed by atoms with Gasteiger partial charge in [0.05, 0.1) is 6.61 Å². The summed E-state index contributed by atoms with van der Waals surface area (Å²) in [6, 6.07) is 11.2. The Morgan fingerprint density at radius 1 is 0.944 bits per heavy atom. The van der Waals surface area contributed by atoms with Gasteiger partial charge in [-0.2, -0.15) is 0 Å². The summed E-state index contributed by atoms with van der Waals surface area (Å²) in [5.41, 5.74) is 0. The van der Waals surface area contributed by atoms with Gasteiger partial charge >= 0.3 is 0 Å². The molecule has 0 atom stereocenters. The van der Waals surface area contributed by atoms with Gasteiger partial charge in [-0.15, -0.1) is 11.6 Å². The fraction of sp³-hybridized carbons (Fsp3) is 0.333. The van der Waals surface area contributed by atoms with Crippen molar-refractivity contribution in [3.8, 4) is 11.5 Å². The molecule has 0 aliphatic rings. The fourth-order valence-corrected chi connectivity index (χ4v) is 2.13. The topological polar surface area (TPSA) is 29.5 Å². The SMILES string of the molecule is Oc1ccc(OCCCCCCl)c2ccccc12. The summed E-state index contributed by atoms with van der Waals surface area (Å²) in [7, 11) is 0. The van der Waals surface area contributed by atoms with Crippen molar-refractivity contribution in [3.63, 3.8) is 0 Å². The van der Waals surface area contributed by atoms with Crippen LogP contribution in [0.4, 0.5) is 0 Å². The van der Waals surface area contributed by atoms with E-state index in [0.717, 1.165) is 35.8 Å². The molecular weight excluding hydrogens is 248 g/mol. The number of alkyl halides is 1. The van der Waals surface area contributed by atoms with Gasteiger partial charge in [0.15, 0.2) is 0 Å². The molecule has 96 valence electrons. The van der Waals surface area contributed by atoms with Crippen molar-refractivity contribution in [1.82, 2.24) is 0 Å². The van der Waals surface area contributed by atoms with Gasteiger partial charge in [-0.25, -0.2) is 0 Å². The lowest BCUT2D eigenvalue weighted by Gasteiger charge is -2.10. The third-order valence-electron chi connectivity index (χ3n) is 2.90. The number of phenols is 1. The molecule has 2 nitrogen and oxygen atoms in total. The van der Waals surface area contributed by atoms with Gasteiger partial charge in [-0.3, -0.25) is 0 Å². The number of fused-ring (bicyclic) bond motifs is 1. The maximum atomic E-state index is 9.77. The maximum absolute atomic E-state index is 9.77. The molecule has 0 unspecified atom stereocenters. The molecular formula is C15H17ClO2. The number of rotatable bonds is 6. The Morgan fingerprint density at radius 2 is 1.72 bits per heavy atom. The lowest BCUT2D eigenvalue weighted by atomic mass is 10.1. The maximum Gasteiger partial charge on any atom is 0.127 e. The highest BCUT2D eigenvalue weighted by atomic mass is 35.5. The molecule has 0 aromatic heterocycles. The van der Waals surface area contributed by atoms with Crippen LogP contribution in [0.15, 0.2) is 36.4 Å². The minimum absolute atomic E-state index is 0.292. The van der Waals surface area contributed by atoms with Crippen LogP contribution in [0.25, 0.3) is 10.8 Å². The zero-order valence-corrected chi connectivity index (χ0v) is 11.0. The van der Waals surface area contributed by atoms with Crippen LogP contribution in [-0.2, 0) is 0 Å². The second-order valence-corrected chi connectivity index (χ2v) is 4.60. The number of benzene rings is 2. The van der Waals surface area contributed by atoms with Crippen molar-refractivity contribution in [2.75, 3.05) is 12.5 Å². The molecule has 0 spiro atoms. The normalized spacial score (nSPS) is 10.7. The number of halogens is 1. The van der Waals surface area contributed by atoms with Gasteiger partial charge in [0.1, 0.15) is 11.5 Å². The summed E-state index contributed by atoms with van der Waals surface area (Å²) >= 11 is 5.62. The van der Waals surface area contributed by atoms with Gasteiger partial charge in [0, 0.05) is 16.7 Å². The van der Waals surface area contributed by atoms with Crippen LogP contribution in [0.5, 0.6) is 11.5 Å². The molecule has 0 aliphatic heterocycles. The lowest BCUT2D eigenvalue weighted by molar-refractivity contribution is 0.309. The molecule has 2 aromatic rings. The van der Waals surface area contributed by atoms with Gasteiger partial charge in [0.25, 0.3) is 0 Å². The molecule has 2 rings (SSSR count). The zero-order valence-electron chi connectivity index (χ0n) is 10.2. The predicted octanol–water partition coefficient (Wildman–Crippen LogP) is 4.33. The first-order chi connectivity index (χ1) is 8.83. The minimum Gasteiger partial charge on any atom is -0.507 e. The average molecular weight is 265 g/mol. The van der Waals surface area contributed by atoms with Crippen LogP contribution in [0.2, 0.25) is 0 Å². The molecule has 0 fully saturated rings. The van der Waals surface area contributed by atoms with E-state index >= 15 is 0 Å². The Kier molecular flexibility index (Phi) is 4.71. The standard InChI is InChI=1S/C15H17ClO2/c16-10-4-1-5-11-18-15-9-8-14(17)12-6-2-3-7-13(12)15/h2-3,6-9,17H,1,4-5,10-11H2. The average Bonchev–Trinajstić information content (AvgIpc) is 2.41. The third-order valence-corrected chi connectivity index (χ3v) is 3.16. The molecule has 0 aliphatic carbocycles. The van der Waals surface area contributed by atoms with E-state index in [1.807, 2.05) is 30.3 Å². The highest BCUT2D eigenvalue weighted by Gasteiger charge is 2.05. The molecule has 3 heteroatoms. The Morgan fingerprint density at radius 3 is 2.50 bits per heavy atom. The molecule has 0 amide bonds. The van der Waals surface area contributed by atoms with Crippen LogP contribution in [0, 0.1) is 0 Å². The van der Waals surface area contributed by atoms with Crippen molar-refractivity contribution < 1.29 is 9.84 Å². The molecule has 2 aromatic carbocycles. The quantitative estimate of drug-likeness (QED) is 0.621. The number of aromatic hydroxyl groups is 1. The minimum atomic E-state index is 0.292. The molecule has 0 bridgehead atoms. The van der Waals surface area contributed by atoms with E-state index < -0.39 is 0 Å². The monoisotopic (exact) mass is 264 g/mol. The molecule has 0 saturated carbocycles. The molecule has 0 radical (unpaired) electrons. The first-order valence-electron chi connectivity index (χ1n) is 6.22. The Bertz CT molecular complexity index is 511. The third kappa shape index (κ3) is 3.08.